The Morgan fingerprint density at radius 2 is 2.05 bits per heavy atom. The summed E-state index contributed by atoms with van der Waals surface area (Å²) in [5.74, 6) is 1.27. The first-order valence-corrected chi connectivity index (χ1v) is 8.84. The summed E-state index contributed by atoms with van der Waals surface area (Å²) in [5, 5.41) is 33.3. The van der Waals surface area contributed by atoms with Crippen LogP contribution in [-0.2, 0) is 0 Å². The van der Waals surface area contributed by atoms with Gasteiger partial charge in [-0.25, -0.2) is 0 Å². The Balaban J connectivity index is 1.44. The SMILES string of the molecule is CCC1(O)CC2CC(NCC(O)N3CCCC3C#N)CC2C1. The number of aliphatic hydroxyl groups excluding tert-OH is 1. The molecule has 0 aromatic rings. The molecule has 0 spiro atoms. The Kier molecular flexibility index (Phi) is 4.75. The number of nitrogens with one attached hydrogen (secondary N) is 1. The number of aliphatic hydroxyl groups is 2. The molecule has 3 fully saturated rings. The van der Waals surface area contributed by atoms with Crippen molar-refractivity contribution in [3.63, 3.8) is 0 Å². The Bertz CT molecular complexity index is 422. The molecule has 4 unspecified atom stereocenters. The summed E-state index contributed by atoms with van der Waals surface area (Å²) in [6.07, 6.45) is 6.29. The number of hydrogen-bond acceptors (Lipinski definition) is 5. The molecule has 1 heterocycles. The van der Waals surface area contributed by atoms with E-state index in [2.05, 4.69) is 18.3 Å². The Hall–Kier alpha value is -0.670. The third-order valence-electron chi connectivity index (χ3n) is 6.20. The summed E-state index contributed by atoms with van der Waals surface area (Å²) >= 11 is 0. The van der Waals surface area contributed by atoms with E-state index in [0.717, 1.165) is 51.5 Å². The van der Waals surface area contributed by atoms with Gasteiger partial charge in [0.05, 0.1) is 17.7 Å². The molecule has 0 radical (unpaired) electrons. The molecule has 5 heteroatoms. The van der Waals surface area contributed by atoms with Crippen molar-refractivity contribution < 1.29 is 10.2 Å². The van der Waals surface area contributed by atoms with E-state index in [9.17, 15) is 10.2 Å². The highest BCUT2D eigenvalue weighted by Gasteiger charge is 2.47. The van der Waals surface area contributed by atoms with E-state index < -0.39 is 11.8 Å². The Labute approximate surface area is 133 Å². The molecule has 3 aliphatic rings. The monoisotopic (exact) mass is 307 g/mol. The van der Waals surface area contributed by atoms with Gasteiger partial charge in [-0.1, -0.05) is 6.92 Å². The van der Waals surface area contributed by atoms with Gasteiger partial charge in [-0.3, -0.25) is 4.90 Å². The third-order valence-corrected chi connectivity index (χ3v) is 6.20. The zero-order valence-electron chi connectivity index (χ0n) is 13.5. The number of rotatable bonds is 5. The summed E-state index contributed by atoms with van der Waals surface area (Å²) < 4.78 is 0. The number of hydrogen-bond donors (Lipinski definition) is 3. The quantitative estimate of drug-likeness (QED) is 0.711. The van der Waals surface area contributed by atoms with Gasteiger partial charge in [0.2, 0.25) is 0 Å². The fourth-order valence-corrected chi connectivity index (χ4v) is 4.90. The van der Waals surface area contributed by atoms with Gasteiger partial charge in [-0.2, -0.15) is 5.26 Å². The van der Waals surface area contributed by atoms with Crippen LogP contribution >= 0.6 is 0 Å². The molecule has 1 aliphatic heterocycles. The van der Waals surface area contributed by atoms with Crippen molar-refractivity contribution in [2.45, 2.75) is 75.8 Å². The van der Waals surface area contributed by atoms with E-state index in [1.165, 1.54) is 0 Å². The molecule has 1 saturated heterocycles. The number of nitriles is 1. The van der Waals surface area contributed by atoms with Crippen LogP contribution in [-0.4, -0.2) is 52.1 Å². The van der Waals surface area contributed by atoms with Crippen molar-refractivity contribution in [1.29, 1.82) is 5.26 Å². The molecule has 2 saturated carbocycles. The summed E-state index contributed by atoms with van der Waals surface area (Å²) in [6.45, 7) is 3.44. The predicted molar refractivity (Wildman–Crippen MR) is 83.8 cm³/mol. The van der Waals surface area contributed by atoms with Crippen molar-refractivity contribution in [1.82, 2.24) is 10.2 Å². The lowest BCUT2D eigenvalue weighted by Crippen LogP contribution is -2.46. The van der Waals surface area contributed by atoms with Crippen molar-refractivity contribution in [3.05, 3.63) is 0 Å². The molecule has 0 aromatic heterocycles. The van der Waals surface area contributed by atoms with E-state index in [0.29, 0.717) is 24.4 Å². The van der Waals surface area contributed by atoms with Crippen molar-refractivity contribution in [3.8, 4) is 6.07 Å². The lowest BCUT2D eigenvalue weighted by atomic mass is 9.94. The minimum atomic E-state index is -0.555. The van der Waals surface area contributed by atoms with Gasteiger partial charge in [-0.15, -0.1) is 0 Å². The second kappa shape index (κ2) is 6.45. The molecule has 0 aromatic carbocycles. The zero-order valence-corrected chi connectivity index (χ0v) is 13.5. The van der Waals surface area contributed by atoms with Crippen molar-refractivity contribution >= 4 is 0 Å². The van der Waals surface area contributed by atoms with Gasteiger partial charge < -0.3 is 15.5 Å². The number of nitrogens with zero attached hydrogens (tertiary/aromatic N) is 2. The lowest BCUT2D eigenvalue weighted by molar-refractivity contribution is 0.00498. The van der Waals surface area contributed by atoms with Crippen LogP contribution in [0.4, 0.5) is 0 Å². The molecule has 124 valence electrons. The minimum absolute atomic E-state index is 0.126. The normalized spacial score (nSPS) is 43.2. The van der Waals surface area contributed by atoms with Gasteiger partial charge in [-0.05, 0) is 56.8 Å². The van der Waals surface area contributed by atoms with Crippen LogP contribution in [0, 0.1) is 23.2 Å². The zero-order chi connectivity index (χ0) is 15.7. The molecule has 3 rings (SSSR count). The molecule has 0 amide bonds. The summed E-state index contributed by atoms with van der Waals surface area (Å²) in [5.41, 5.74) is -0.421. The molecule has 22 heavy (non-hydrogen) atoms. The standard InChI is InChI=1S/C17H29N3O2/c1-2-17(22)8-12-6-14(7-13(12)9-17)19-11-16(21)20-5-3-4-15(20)10-18/h12-16,19,21-22H,2-9,11H2,1H3. The number of likely N-dealkylation sites (tertiary alicyclic amines) is 1. The highest BCUT2D eigenvalue weighted by molar-refractivity contribution is 5.01. The molecule has 4 atom stereocenters. The van der Waals surface area contributed by atoms with Crippen LogP contribution in [0.25, 0.3) is 0 Å². The van der Waals surface area contributed by atoms with Gasteiger partial charge in [0.15, 0.2) is 0 Å². The van der Waals surface area contributed by atoms with Crippen LogP contribution in [0.1, 0.15) is 51.9 Å². The van der Waals surface area contributed by atoms with Gasteiger partial charge >= 0.3 is 0 Å². The first kappa shape index (κ1) is 16.2. The Morgan fingerprint density at radius 3 is 2.64 bits per heavy atom. The van der Waals surface area contributed by atoms with Gasteiger partial charge in [0, 0.05) is 19.1 Å². The highest BCUT2D eigenvalue weighted by atomic mass is 16.3. The first-order chi connectivity index (χ1) is 10.5. The van der Waals surface area contributed by atoms with E-state index >= 15 is 0 Å². The molecule has 3 N–H and O–H groups in total. The smallest absolute Gasteiger partial charge is 0.121 e. The summed E-state index contributed by atoms with van der Waals surface area (Å²) in [7, 11) is 0. The highest BCUT2D eigenvalue weighted by Crippen LogP contribution is 2.49. The number of fused-ring (bicyclic) bond motifs is 1. The summed E-state index contributed by atoms with van der Waals surface area (Å²) in [4.78, 5) is 1.92. The fourth-order valence-electron chi connectivity index (χ4n) is 4.90. The first-order valence-electron chi connectivity index (χ1n) is 8.84. The largest absolute Gasteiger partial charge is 0.390 e. The maximum absolute atomic E-state index is 10.4. The van der Waals surface area contributed by atoms with E-state index in [-0.39, 0.29) is 6.04 Å². The molecular formula is C17H29N3O2. The van der Waals surface area contributed by atoms with E-state index in [1.807, 2.05) is 4.90 Å². The van der Waals surface area contributed by atoms with Crippen LogP contribution < -0.4 is 5.32 Å². The van der Waals surface area contributed by atoms with Crippen LogP contribution in [0.5, 0.6) is 0 Å². The van der Waals surface area contributed by atoms with E-state index in [1.54, 1.807) is 0 Å². The van der Waals surface area contributed by atoms with E-state index in [4.69, 9.17) is 5.26 Å². The second-order valence-electron chi connectivity index (χ2n) is 7.59. The summed E-state index contributed by atoms with van der Waals surface area (Å²) in [6, 6.07) is 2.61. The van der Waals surface area contributed by atoms with Crippen LogP contribution in [0.2, 0.25) is 0 Å². The third kappa shape index (κ3) is 3.16. The topological polar surface area (TPSA) is 79.5 Å². The fraction of sp³-hybridized carbons (Fsp3) is 0.941. The van der Waals surface area contributed by atoms with Crippen LogP contribution in [0.15, 0.2) is 0 Å². The van der Waals surface area contributed by atoms with Crippen molar-refractivity contribution in [2.24, 2.45) is 11.8 Å². The molecule has 2 aliphatic carbocycles. The minimum Gasteiger partial charge on any atom is -0.390 e. The van der Waals surface area contributed by atoms with Gasteiger partial charge in [0.25, 0.3) is 0 Å². The average Bonchev–Trinajstić information content (AvgIpc) is 3.17. The van der Waals surface area contributed by atoms with Crippen molar-refractivity contribution in [2.75, 3.05) is 13.1 Å². The maximum atomic E-state index is 10.4. The predicted octanol–water partition coefficient (Wildman–Crippen LogP) is 1.21. The van der Waals surface area contributed by atoms with Gasteiger partial charge in [0.1, 0.15) is 6.23 Å². The Morgan fingerprint density at radius 1 is 1.36 bits per heavy atom. The second-order valence-corrected chi connectivity index (χ2v) is 7.59. The average molecular weight is 307 g/mol. The lowest BCUT2D eigenvalue weighted by Gasteiger charge is -2.28. The van der Waals surface area contributed by atoms with Crippen LogP contribution in [0.3, 0.4) is 0 Å². The molecule has 5 nitrogen and oxygen atoms in total. The molecular weight excluding hydrogens is 278 g/mol. The maximum Gasteiger partial charge on any atom is 0.121 e. The molecule has 0 bridgehead atoms.